The maximum atomic E-state index is 12.2. The first-order chi connectivity index (χ1) is 12.7. The van der Waals surface area contributed by atoms with Gasteiger partial charge in [-0.3, -0.25) is 4.79 Å². The Morgan fingerprint density at radius 2 is 2.00 bits per heavy atom. The molecule has 0 aromatic heterocycles. The van der Waals surface area contributed by atoms with Crippen LogP contribution in [0.4, 0.5) is 5.69 Å². The highest BCUT2D eigenvalue weighted by atomic mass is 16.5. The van der Waals surface area contributed by atoms with Crippen molar-refractivity contribution in [3.8, 4) is 17.2 Å². The van der Waals surface area contributed by atoms with Gasteiger partial charge in [-0.05, 0) is 36.2 Å². The lowest BCUT2D eigenvalue weighted by atomic mass is 10.1. The van der Waals surface area contributed by atoms with Gasteiger partial charge in [0.1, 0.15) is 12.4 Å². The Morgan fingerprint density at radius 1 is 1.15 bits per heavy atom. The summed E-state index contributed by atoms with van der Waals surface area (Å²) in [4.78, 5) is 12.2. The zero-order valence-corrected chi connectivity index (χ0v) is 14.7. The largest absolute Gasteiger partial charge is 0.490 e. The predicted octanol–water partition coefficient (Wildman–Crippen LogP) is 3.98. The van der Waals surface area contributed by atoms with E-state index < -0.39 is 0 Å². The van der Waals surface area contributed by atoms with E-state index >= 15 is 0 Å². The van der Waals surface area contributed by atoms with Gasteiger partial charge in [0.05, 0.1) is 13.2 Å². The lowest BCUT2D eigenvalue weighted by Gasteiger charge is -2.10. The second kappa shape index (κ2) is 8.94. The van der Waals surface area contributed by atoms with E-state index in [4.69, 9.17) is 14.2 Å². The third-order valence-corrected chi connectivity index (χ3v) is 3.94. The predicted molar refractivity (Wildman–Crippen MR) is 101 cm³/mol. The van der Waals surface area contributed by atoms with Gasteiger partial charge in [0.15, 0.2) is 11.5 Å². The van der Waals surface area contributed by atoms with Crippen LogP contribution in [0.5, 0.6) is 17.2 Å². The summed E-state index contributed by atoms with van der Waals surface area (Å²) < 4.78 is 16.8. The second-order valence-electron chi connectivity index (χ2n) is 6.01. The standard InChI is InChI=1S/C21H23NO4/c1-2-11-24-18-6-3-5-17(15-18)22-21(23)10-8-16-7-9-19-20(14-16)26-13-4-12-25-19/h2-3,5-7,9,14-15H,1,4,8,10-13H2,(H,22,23). The fourth-order valence-corrected chi connectivity index (χ4v) is 2.66. The number of hydrogen-bond donors (Lipinski definition) is 1. The van der Waals surface area contributed by atoms with E-state index in [1.165, 1.54) is 0 Å². The summed E-state index contributed by atoms with van der Waals surface area (Å²) >= 11 is 0. The lowest BCUT2D eigenvalue weighted by molar-refractivity contribution is -0.116. The van der Waals surface area contributed by atoms with E-state index in [2.05, 4.69) is 11.9 Å². The molecule has 1 aliphatic heterocycles. The summed E-state index contributed by atoms with van der Waals surface area (Å²) in [6.07, 6.45) is 3.58. The molecule has 0 bridgehead atoms. The Bertz CT molecular complexity index is 772. The van der Waals surface area contributed by atoms with E-state index in [1.807, 2.05) is 36.4 Å². The van der Waals surface area contributed by atoms with E-state index in [-0.39, 0.29) is 5.91 Å². The fourth-order valence-electron chi connectivity index (χ4n) is 2.66. The molecule has 1 N–H and O–H groups in total. The third kappa shape index (κ3) is 5.02. The van der Waals surface area contributed by atoms with Gasteiger partial charge in [-0.2, -0.15) is 0 Å². The monoisotopic (exact) mass is 353 g/mol. The Labute approximate surface area is 153 Å². The van der Waals surface area contributed by atoms with Crippen molar-refractivity contribution in [2.75, 3.05) is 25.1 Å². The molecule has 1 amide bonds. The van der Waals surface area contributed by atoms with Crippen molar-refractivity contribution in [1.82, 2.24) is 0 Å². The lowest BCUT2D eigenvalue weighted by Crippen LogP contribution is -2.12. The highest BCUT2D eigenvalue weighted by Gasteiger charge is 2.11. The van der Waals surface area contributed by atoms with Crippen molar-refractivity contribution < 1.29 is 19.0 Å². The minimum atomic E-state index is -0.0435. The number of hydrogen-bond acceptors (Lipinski definition) is 4. The number of aryl methyl sites for hydroxylation is 1. The van der Waals surface area contributed by atoms with E-state index in [9.17, 15) is 4.79 Å². The summed E-state index contributed by atoms with van der Waals surface area (Å²) in [5.41, 5.74) is 1.77. The fraction of sp³-hybridized carbons (Fsp3) is 0.286. The molecule has 2 aromatic carbocycles. The van der Waals surface area contributed by atoms with Crippen LogP contribution in [0.25, 0.3) is 0 Å². The van der Waals surface area contributed by atoms with Gasteiger partial charge in [0.25, 0.3) is 0 Å². The van der Waals surface area contributed by atoms with Crippen molar-refractivity contribution in [3.63, 3.8) is 0 Å². The SMILES string of the molecule is C=CCOc1cccc(NC(=O)CCc2ccc3c(c2)OCCCO3)c1. The number of amides is 1. The molecule has 0 saturated heterocycles. The zero-order chi connectivity index (χ0) is 18.2. The highest BCUT2D eigenvalue weighted by molar-refractivity contribution is 5.91. The molecule has 3 rings (SSSR count). The summed E-state index contributed by atoms with van der Waals surface area (Å²) in [5.74, 6) is 2.18. The van der Waals surface area contributed by atoms with Crippen molar-refractivity contribution in [3.05, 3.63) is 60.7 Å². The molecule has 0 radical (unpaired) electrons. The van der Waals surface area contributed by atoms with Gasteiger partial charge in [-0.25, -0.2) is 0 Å². The molecule has 2 aromatic rings. The number of nitrogens with one attached hydrogen (secondary N) is 1. The maximum Gasteiger partial charge on any atom is 0.224 e. The smallest absolute Gasteiger partial charge is 0.224 e. The molecule has 136 valence electrons. The average Bonchev–Trinajstić information content (AvgIpc) is 2.90. The summed E-state index contributed by atoms with van der Waals surface area (Å²) in [6, 6.07) is 13.2. The Morgan fingerprint density at radius 3 is 2.85 bits per heavy atom. The van der Waals surface area contributed by atoms with Gasteiger partial charge in [-0.15, -0.1) is 0 Å². The summed E-state index contributed by atoms with van der Waals surface area (Å²) in [6.45, 7) is 5.38. The van der Waals surface area contributed by atoms with Gasteiger partial charge < -0.3 is 19.5 Å². The van der Waals surface area contributed by atoms with Crippen LogP contribution >= 0.6 is 0 Å². The first-order valence-electron chi connectivity index (χ1n) is 8.77. The first-order valence-corrected chi connectivity index (χ1v) is 8.77. The van der Waals surface area contributed by atoms with Gasteiger partial charge in [0.2, 0.25) is 5.91 Å². The molecule has 0 spiro atoms. The maximum absolute atomic E-state index is 12.2. The zero-order valence-electron chi connectivity index (χ0n) is 14.7. The normalized spacial score (nSPS) is 12.8. The number of benzene rings is 2. The van der Waals surface area contributed by atoms with Crippen molar-refractivity contribution >= 4 is 11.6 Å². The topological polar surface area (TPSA) is 56.8 Å². The molecule has 0 aliphatic carbocycles. The van der Waals surface area contributed by atoms with Crippen LogP contribution in [-0.4, -0.2) is 25.7 Å². The third-order valence-electron chi connectivity index (χ3n) is 3.94. The molecule has 1 heterocycles. The van der Waals surface area contributed by atoms with Crippen LogP contribution in [0, 0.1) is 0 Å². The average molecular weight is 353 g/mol. The van der Waals surface area contributed by atoms with E-state index in [1.54, 1.807) is 12.1 Å². The molecule has 5 heteroatoms. The van der Waals surface area contributed by atoms with Crippen molar-refractivity contribution in [2.45, 2.75) is 19.3 Å². The number of rotatable bonds is 7. The number of ether oxygens (including phenoxy) is 3. The van der Waals surface area contributed by atoms with Gasteiger partial charge >= 0.3 is 0 Å². The molecule has 0 unspecified atom stereocenters. The second-order valence-corrected chi connectivity index (χ2v) is 6.01. The van der Waals surface area contributed by atoms with Crippen LogP contribution in [0.15, 0.2) is 55.1 Å². The molecule has 0 saturated carbocycles. The summed E-state index contributed by atoms with van der Waals surface area (Å²) in [5, 5.41) is 2.90. The minimum absolute atomic E-state index is 0.0435. The molecule has 0 fully saturated rings. The quantitative estimate of drug-likeness (QED) is 0.765. The van der Waals surface area contributed by atoms with E-state index in [0.717, 1.165) is 29.2 Å². The van der Waals surface area contributed by atoms with Crippen LogP contribution < -0.4 is 19.5 Å². The van der Waals surface area contributed by atoms with Crippen molar-refractivity contribution in [2.24, 2.45) is 0 Å². The Balaban J connectivity index is 1.54. The van der Waals surface area contributed by atoms with Gasteiger partial charge in [0, 0.05) is 24.6 Å². The number of carbonyl (C=O) groups excluding carboxylic acids is 1. The first kappa shape index (κ1) is 17.9. The van der Waals surface area contributed by atoms with Crippen LogP contribution in [-0.2, 0) is 11.2 Å². The van der Waals surface area contributed by atoms with Crippen molar-refractivity contribution in [1.29, 1.82) is 0 Å². The molecule has 5 nitrogen and oxygen atoms in total. The summed E-state index contributed by atoms with van der Waals surface area (Å²) in [7, 11) is 0. The van der Waals surface area contributed by atoms with Crippen LogP contribution in [0.3, 0.4) is 0 Å². The minimum Gasteiger partial charge on any atom is -0.490 e. The van der Waals surface area contributed by atoms with Gasteiger partial charge in [-0.1, -0.05) is 24.8 Å². The highest BCUT2D eigenvalue weighted by Crippen LogP contribution is 2.30. The number of fused-ring (bicyclic) bond motifs is 1. The van der Waals surface area contributed by atoms with Crippen LogP contribution in [0.2, 0.25) is 0 Å². The number of carbonyl (C=O) groups is 1. The van der Waals surface area contributed by atoms with Crippen LogP contribution in [0.1, 0.15) is 18.4 Å². The Kier molecular flexibility index (Phi) is 6.14. The number of anilines is 1. The molecular formula is C21H23NO4. The molecule has 26 heavy (non-hydrogen) atoms. The molecule has 1 aliphatic rings. The van der Waals surface area contributed by atoms with E-state index in [0.29, 0.717) is 38.4 Å². The molecule has 0 atom stereocenters. The molecular weight excluding hydrogens is 330 g/mol. The Hall–Kier alpha value is -2.95.